The molecule has 2 unspecified atom stereocenters. The molecule has 1 aromatic rings. The second kappa shape index (κ2) is 5.08. The van der Waals surface area contributed by atoms with Crippen molar-refractivity contribution >= 4 is 12.0 Å². The van der Waals surface area contributed by atoms with Crippen LogP contribution < -0.4 is 0 Å². The lowest BCUT2D eigenvalue weighted by atomic mass is 9.94. The summed E-state index contributed by atoms with van der Waals surface area (Å²) in [6.07, 6.45) is 4.66. The van der Waals surface area contributed by atoms with Gasteiger partial charge in [0.1, 0.15) is 16.9 Å². The number of carbonyl (C=O) groups is 1. The smallest absolute Gasteiger partial charge is 0.342 e. The van der Waals surface area contributed by atoms with Gasteiger partial charge in [-0.05, 0) is 49.8 Å². The van der Waals surface area contributed by atoms with Crippen LogP contribution in [-0.2, 0) is 4.74 Å². The summed E-state index contributed by atoms with van der Waals surface area (Å²) in [5, 5.41) is 9.79. The Labute approximate surface area is 113 Å². The molecule has 0 bridgehead atoms. The van der Waals surface area contributed by atoms with Crippen LogP contribution in [0.1, 0.15) is 49.0 Å². The summed E-state index contributed by atoms with van der Waals surface area (Å²) in [5.41, 5.74) is 0.570. The van der Waals surface area contributed by atoms with Crippen molar-refractivity contribution in [3.05, 3.63) is 35.9 Å². The molecule has 1 fully saturated rings. The number of phenolic OH excluding ortho intramolecular Hbond substituents is 1. The molecule has 0 heterocycles. The predicted octanol–water partition coefficient (Wildman–Crippen LogP) is 3.77. The van der Waals surface area contributed by atoms with Crippen LogP contribution in [0, 0.1) is 5.92 Å². The number of carbonyl (C=O) groups excluding carboxylic acids is 1. The maximum Gasteiger partial charge on any atom is 0.342 e. The zero-order chi connectivity index (χ0) is 14.0. The molecule has 1 N–H and O–H groups in total. The molecule has 1 aromatic carbocycles. The number of aromatic hydroxyl groups is 1. The van der Waals surface area contributed by atoms with Gasteiger partial charge in [-0.15, -0.1) is 0 Å². The first-order valence-corrected chi connectivity index (χ1v) is 6.65. The van der Waals surface area contributed by atoms with E-state index < -0.39 is 11.6 Å². The van der Waals surface area contributed by atoms with E-state index in [0.717, 1.165) is 24.8 Å². The van der Waals surface area contributed by atoms with Crippen molar-refractivity contribution in [1.82, 2.24) is 0 Å². The minimum Gasteiger partial charge on any atom is -0.507 e. The van der Waals surface area contributed by atoms with Gasteiger partial charge in [-0.1, -0.05) is 25.6 Å². The third-order valence-electron chi connectivity index (χ3n) is 4.15. The number of benzene rings is 1. The molecule has 19 heavy (non-hydrogen) atoms. The summed E-state index contributed by atoms with van der Waals surface area (Å²) >= 11 is 0. The Kier molecular flexibility index (Phi) is 3.65. The maximum absolute atomic E-state index is 12.2. The Bertz CT molecular complexity index is 507. The van der Waals surface area contributed by atoms with Gasteiger partial charge in [0.05, 0.1) is 0 Å². The third kappa shape index (κ3) is 2.65. The average Bonchev–Trinajstić information content (AvgIpc) is 2.69. The molecule has 0 amide bonds. The first kappa shape index (κ1) is 13.7. The molecular weight excluding hydrogens is 240 g/mol. The van der Waals surface area contributed by atoms with E-state index in [1.54, 1.807) is 18.2 Å². The van der Waals surface area contributed by atoms with E-state index in [1.807, 2.05) is 6.92 Å². The molecule has 102 valence electrons. The van der Waals surface area contributed by atoms with Crippen LogP contribution in [-0.4, -0.2) is 16.7 Å². The molecule has 1 aliphatic carbocycles. The Balaban J connectivity index is 2.22. The van der Waals surface area contributed by atoms with Crippen molar-refractivity contribution in [3.8, 4) is 5.75 Å². The number of rotatable bonds is 3. The Hall–Kier alpha value is -1.77. The van der Waals surface area contributed by atoms with Gasteiger partial charge in [-0.3, -0.25) is 0 Å². The van der Waals surface area contributed by atoms with Crippen molar-refractivity contribution in [2.45, 2.75) is 38.7 Å². The van der Waals surface area contributed by atoms with Crippen molar-refractivity contribution in [1.29, 1.82) is 0 Å². The summed E-state index contributed by atoms with van der Waals surface area (Å²) in [6.45, 7) is 7.72. The Morgan fingerprint density at radius 2 is 2.32 bits per heavy atom. The number of phenols is 1. The molecule has 0 radical (unpaired) electrons. The monoisotopic (exact) mass is 260 g/mol. The van der Waals surface area contributed by atoms with Crippen LogP contribution in [0.25, 0.3) is 6.08 Å². The van der Waals surface area contributed by atoms with Gasteiger partial charge >= 0.3 is 5.97 Å². The lowest BCUT2D eigenvalue weighted by Gasteiger charge is -2.29. The quantitative estimate of drug-likeness (QED) is 0.841. The fourth-order valence-corrected chi connectivity index (χ4v) is 2.57. The van der Waals surface area contributed by atoms with Crippen molar-refractivity contribution < 1.29 is 14.6 Å². The van der Waals surface area contributed by atoms with Gasteiger partial charge in [0.2, 0.25) is 0 Å². The van der Waals surface area contributed by atoms with E-state index in [0.29, 0.717) is 5.92 Å². The van der Waals surface area contributed by atoms with E-state index >= 15 is 0 Å². The largest absolute Gasteiger partial charge is 0.507 e. The van der Waals surface area contributed by atoms with Crippen molar-refractivity contribution in [2.75, 3.05) is 0 Å². The van der Waals surface area contributed by atoms with E-state index in [-0.39, 0.29) is 11.3 Å². The summed E-state index contributed by atoms with van der Waals surface area (Å²) in [4.78, 5) is 12.2. The van der Waals surface area contributed by atoms with Gasteiger partial charge in [0.25, 0.3) is 0 Å². The second-order valence-corrected chi connectivity index (χ2v) is 5.48. The zero-order valence-electron chi connectivity index (χ0n) is 11.5. The van der Waals surface area contributed by atoms with Gasteiger partial charge < -0.3 is 9.84 Å². The highest BCUT2D eigenvalue weighted by Gasteiger charge is 2.39. The van der Waals surface area contributed by atoms with Crippen LogP contribution in [0.15, 0.2) is 24.8 Å². The standard InChI is InChI=1S/C16H20O3/c1-4-12-7-8-14(17)13(10-12)15(18)19-16(3)9-5-6-11(16)2/h4,7-8,10-11,17H,1,5-6,9H2,2-3H3. The zero-order valence-corrected chi connectivity index (χ0v) is 11.5. The summed E-state index contributed by atoms with van der Waals surface area (Å²) < 4.78 is 5.64. The van der Waals surface area contributed by atoms with Gasteiger partial charge in [0.15, 0.2) is 0 Å². The number of hydrogen-bond donors (Lipinski definition) is 1. The van der Waals surface area contributed by atoms with Crippen LogP contribution in [0.3, 0.4) is 0 Å². The third-order valence-corrected chi connectivity index (χ3v) is 4.15. The molecule has 2 atom stereocenters. The fraction of sp³-hybridized carbons (Fsp3) is 0.438. The Morgan fingerprint density at radius 1 is 1.58 bits per heavy atom. The minimum atomic E-state index is -0.461. The summed E-state index contributed by atoms with van der Waals surface area (Å²) in [7, 11) is 0. The Morgan fingerprint density at radius 3 is 2.89 bits per heavy atom. The SMILES string of the molecule is C=Cc1ccc(O)c(C(=O)OC2(C)CCCC2C)c1. The average molecular weight is 260 g/mol. The summed E-state index contributed by atoms with van der Waals surface area (Å²) in [5.74, 6) is -0.163. The van der Waals surface area contributed by atoms with Crippen LogP contribution >= 0.6 is 0 Å². The van der Waals surface area contributed by atoms with Crippen LogP contribution in [0.2, 0.25) is 0 Å². The number of esters is 1. The molecule has 2 rings (SSSR count). The minimum absolute atomic E-state index is 0.0511. The molecule has 3 heteroatoms. The van der Waals surface area contributed by atoms with Gasteiger partial charge in [-0.2, -0.15) is 0 Å². The number of ether oxygens (including phenoxy) is 1. The van der Waals surface area contributed by atoms with E-state index in [2.05, 4.69) is 13.5 Å². The number of hydrogen-bond acceptors (Lipinski definition) is 3. The lowest BCUT2D eigenvalue weighted by Crippen LogP contribution is -2.34. The van der Waals surface area contributed by atoms with Crippen LogP contribution in [0.4, 0.5) is 0 Å². The topological polar surface area (TPSA) is 46.5 Å². The normalized spacial score (nSPS) is 26.1. The van der Waals surface area contributed by atoms with Crippen LogP contribution in [0.5, 0.6) is 5.75 Å². The second-order valence-electron chi connectivity index (χ2n) is 5.48. The highest BCUT2D eigenvalue weighted by Crippen LogP contribution is 2.39. The first-order valence-electron chi connectivity index (χ1n) is 6.65. The highest BCUT2D eigenvalue weighted by atomic mass is 16.6. The fourth-order valence-electron chi connectivity index (χ4n) is 2.57. The molecular formula is C16H20O3. The van der Waals surface area contributed by atoms with Gasteiger partial charge in [-0.25, -0.2) is 4.79 Å². The summed E-state index contributed by atoms with van der Waals surface area (Å²) in [6, 6.07) is 4.81. The maximum atomic E-state index is 12.2. The van der Waals surface area contributed by atoms with E-state index in [1.165, 1.54) is 6.07 Å². The molecule has 1 saturated carbocycles. The molecule has 0 aliphatic heterocycles. The molecule has 0 saturated heterocycles. The molecule has 0 spiro atoms. The predicted molar refractivity (Wildman–Crippen MR) is 75.0 cm³/mol. The molecule has 1 aliphatic rings. The molecule has 3 nitrogen and oxygen atoms in total. The highest BCUT2D eigenvalue weighted by molar-refractivity contribution is 5.93. The molecule has 0 aromatic heterocycles. The van der Waals surface area contributed by atoms with E-state index in [9.17, 15) is 9.90 Å². The lowest BCUT2D eigenvalue weighted by molar-refractivity contribution is -0.0250. The van der Waals surface area contributed by atoms with Gasteiger partial charge in [0, 0.05) is 0 Å². The first-order chi connectivity index (χ1) is 8.96. The van der Waals surface area contributed by atoms with Crippen molar-refractivity contribution in [3.63, 3.8) is 0 Å². The van der Waals surface area contributed by atoms with E-state index in [4.69, 9.17) is 4.74 Å². The van der Waals surface area contributed by atoms with Crippen molar-refractivity contribution in [2.24, 2.45) is 5.92 Å².